The van der Waals surface area contributed by atoms with Crippen molar-refractivity contribution in [3.63, 3.8) is 0 Å². The van der Waals surface area contributed by atoms with Crippen molar-refractivity contribution in [1.29, 1.82) is 0 Å². The lowest BCUT2D eigenvalue weighted by Gasteiger charge is -2.27. The predicted molar refractivity (Wildman–Crippen MR) is 72.9 cm³/mol. The molecular formula is C13H23N5O. The highest BCUT2D eigenvalue weighted by Crippen LogP contribution is 2.24. The molecule has 2 rings (SSSR count). The number of carbonyl (C=O) groups excluding carboxylic acids is 1. The maximum absolute atomic E-state index is 12.0. The van der Waals surface area contributed by atoms with Gasteiger partial charge in [-0.05, 0) is 11.3 Å². The van der Waals surface area contributed by atoms with Gasteiger partial charge in [-0.3, -0.25) is 4.79 Å². The zero-order valence-corrected chi connectivity index (χ0v) is 12.1. The maximum Gasteiger partial charge on any atom is 0.273 e. The Morgan fingerprint density at radius 2 is 2.26 bits per heavy atom. The standard InChI is InChI=1S/C13H23N5O/c1-9(13(2,3)4)5-15-12(19)11-8-18(17-16-11)10-6-14-7-10/h8-10,14H,5-7H2,1-4H3,(H,15,19). The smallest absolute Gasteiger partial charge is 0.273 e. The highest BCUT2D eigenvalue weighted by atomic mass is 16.2. The Morgan fingerprint density at radius 1 is 1.58 bits per heavy atom. The number of carbonyl (C=O) groups is 1. The van der Waals surface area contributed by atoms with E-state index >= 15 is 0 Å². The van der Waals surface area contributed by atoms with E-state index in [0.29, 0.717) is 24.2 Å². The number of hydrogen-bond donors (Lipinski definition) is 2. The molecule has 0 bridgehead atoms. The third-order valence-corrected chi connectivity index (χ3v) is 3.92. The van der Waals surface area contributed by atoms with Crippen LogP contribution in [0.25, 0.3) is 0 Å². The van der Waals surface area contributed by atoms with E-state index in [1.165, 1.54) is 0 Å². The van der Waals surface area contributed by atoms with Gasteiger partial charge in [-0.2, -0.15) is 0 Å². The number of nitrogens with zero attached hydrogens (tertiary/aromatic N) is 3. The lowest BCUT2D eigenvalue weighted by atomic mass is 9.82. The molecule has 6 heteroatoms. The van der Waals surface area contributed by atoms with E-state index in [1.54, 1.807) is 10.9 Å². The maximum atomic E-state index is 12.0. The van der Waals surface area contributed by atoms with Crippen molar-refractivity contribution in [3.05, 3.63) is 11.9 Å². The van der Waals surface area contributed by atoms with Crippen LogP contribution in [0, 0.1) is 11.3 Å². The highest BCUT2D eigenvalue weighted by Gasteiger charge is 2.23. The van der Waals surface area contributed by atoms with Crippen molar-refractivity contribution in [2.45, 2.75) is 33.7 Å². The first kappa shape index (κ1) is 14.0. The summed E-state index contributed by atoms with van der Waals surface area (Å²) in [6.45, 7) is 11.1. The molecule has 1 aliphatic heterocycles. The topological polar surface area (TPSA) is 71.8 Å². The Labute approximate surface area is 113 Å². The number of amides is 1. The van der Waals surface area contributed by atoms with Gasteiger partial charge in [-0.15, -0.1) is 5.10 Å². The molecule has 106 valence electrons. The van der Waals surface area contributed by atoms with Crippen LogP contribution in [-0.2, 0) is 0 Å². The molecule has 1 aromatic heterocycles. The summed E-state index contributed by atoms with van der Waals surface area (Å²) in [6.07, 6.45) is 1.72. The Kier molecular flexibility index (Phi) is 3.89. The Bertz CT molecular complexity index is 444. The average Bonchev–Trinajstić information content (AvgIpc) is 2.70. The third kappa shape index (κ3) is 3.32. The lowest BCUT2D eigenvalue weighted by Crippen LogP contribution is -2.43. The molecule has 6 nitrogen and oxygen atoms in total. The van der Waals surface area contributed by atoms with Crippen molar-refractivity contribution in [2.24, 2.45) is 11.3 Å². The summed E-state index contributed by atoms with van der Waals surface area (Å²) in [7, 11) is 0. The minimum Gasteiger partial charge on any atom is -0.350 e. The molecule has 0 aliphatic carbocycles. The van der Waals surface area contributed by atoms with Gasteiger partial charge in [0.05, 0.1) is 12.2 Å². The second kappa shape index (κ2) is 5.28. The molecular weight excluding hydrogens is 242 g/mol. The molecule has 2 heterocycles. The van der Waals surface area contributed by atoms with Gasteiger partial charge in [0.2, 0.25) is 0 Å². The Hall–Kier alpha value is -1.43. The molecule has 1 unspecified atom stereocenters. The molecule has 0 spiro atoms. The molecule has 1 amide bonds. The summed E-state index contributed by atoms with van der Waals surface area (Å²) in [5, 5.41) is 14.0. The van der Waals surface area contributed by atoms with Gasteiger partial charge >= 0.3 is 0 Å². The fourth-order valence-electron chi connectivity index (χ4n) is 1.66. The number of nitrogens with one attached hydrogen (secondary N) is 2. The summed E-state index contributed by atoms with van der Waals surface area (Å²) < 4.78 is 1.76. The Morgan fingerprint density at radius 3 is 2.79 bits per heavy atom. The molecule has 1 saturated heterocycles. The normalized spacial score (nSPS) is 17.9. The third-order valence-electron chi connectivity index (χ3n) is 3.92. The van der Waals surface area contributed by atoms with Crippen LogP contribution in [-0.4, -0.2) is 40.5 Å². The average molecular weight is 265 g/mol. The van der Waals surface area contributed by atoms with E-state index in [9.17, 15) is 4.79 Å². The highest BCUT2D eigenvalue weighted by molar-refractivity contribution is 5.91. The summed E-state index contributed by atoms with van der Waals surface area (Å²) in [4.78, 5) is 12.0. The van der Waals surface area contributed by atoms with E-state index in [1.807, 2.05) is 0 Å². The van der Waals surface area contributed by atoms with Crippen molar-refractivity contribution in [3.8, 4) is 0 Å². The monoisotopic (exact) mass is 265 g/mol. The first-order valence-electron chi connectivity index (χ1n) is 6.78. The second-order valence-corrected chi connectivity index (χ2v) is 6.37. The SMILES string of the molecule is CC(CNC(=O)c1cn(C2CNC2)nn1)C(C)(C)C. The van der Waals surface area contributed by atoms with E-state index in [2.05, 4.69) is 48.6 Å². The quantitative estimate of drug-likeness (QED) is 0.846. The van der Waals surface area contributed by atoms with Crippen LogP contribution in [0.1, 0.15) is 44.2 Å². The number of rotatable bonds is 4. The zero-order chi connectivity index (χ0) is 14.0. The van der Waals surface area contributed by atoms with Crippen LogP contribution in [0.2, 0.25) is 0 Å². The summed E-state index contributed by atoms with van der Waals surface area (Å²) in [6, 6.07) is 0.336. The summed E-state index contributed by atoms with van der Waals surface area (Å²) in [5.74, 6) is 0.261. The van der Waals surface area contributed by atoms with E-state index in [0.717, 1.165) is 13.1 Å². The number of hydrogen-bond acceptors (Lipinski definition) is 4. The van der Waals surface area contributed by atoms with E-state index in [-0.39, 0.29) is 11.3 Å². The fourth-order valence-corrected chi connectivity index (χ4v) is 1.66. The van der Waals surface area contributed by atoms with Crippen LogP contribution in [0.3, 0.4) is 0 Å². The zero-order valence-electron chi connectivity index (χ0n) is 12.1. The molecule has 0 aromatic carbocycles. The van der Waals surface area contributed by atoms with Crippen LogP contribution in [0.5, 0.6) is 0 Å². The largest absolute Gasteiger partial charge is 0.350 e. The van der Waals surface area contributed by atoms with Crippen LogP contribution >= 0.6 is 0 Å². The molecule has 2 N–H and O–H groups in total. The van der Waals surface area contributed by atoms with Gasteiger partial charge in [0, 0.05) is 19.6 Å². The second-order valence-electron chi connectivity index (χ2n) is 6.37. The van der Waals surface area contributed by atoms with Crippen LogP contribution in [0.15, 0.2) is 6.20 Å². The lowest BCUT2D eigenvalue weighted by molar-refractivity contribution is 0.0932. The molecule has 1 aliphatic rings. The first-order valence-corrected chi connectivity index (χ1v) is 6.78. The molecule has 1 aromatic rings. The van der Waals surface area contributed by atoms with Crippen molar-refractivity contribution < 1.29 is 4.79 Å². The van der Waals surface area contributed by atoms with Gasteiger partial charge in [0.1, 0.15) is 0 Å². The molecule has 0 radical (unpaired) electrons. The summed E-state index contributed by atoms with van der Waals surface area (Å²) in [5.41, 5.74) is 0.579. The molecule has 1 atom stereocenters. The molecule has 0 saturated carbocycles. The van der Waals surface area contributed by atoms with E-state index in [4.69, 9.17) is 0 Å². The van der Waals surface area contributed by atoms with Gasteiger partial charge in [-0.25, -0.2) is 4.68 Å². The van der Waals surface area contributed by atoms with Crippen LogP contribution < -0.4 is 10.6 Å². The van der Waals surface area contributed by atoms with Gasteiger partial charge < -0.3 is 10.6 Å². The van der Waals surface area contributed by atoms with Gasteiger partial charge in [0.25, 0.3) is 5.91 Å². The molecule has 19 heavy (non-hydrogen) atoms. The number of aromatic nitrogens is 3. The van der Waals surface area contributed by atoms with Crippen molar-refractivity contribution in [2.75, 3.05) is 19.6 Å². The van der Waals surface area contributed by atoms with Crippen molar-refractivity contribution in [1.82, 2.24) is 25.6 Å². The van der Waals surface area contributed by atoms with Crippen LogP contribution in [0.4, 0.5) is 0 Å². The fraction of sp³-hybridized carbons (Fsp3) is 0.769. The van der Waals surface area contributed by atoms with Gasteiger partial charge in [0.15, 0.2) is 5.69 Å². The minimum absolute atomic E-state index is 0.144. The van der Waals surface area contributed by atoms with Crippen molar-refractivity contribution >= 4 is 5.91 Å². The minimum atomic E-state index is -0.144. The summed E-state index contributed by atoms with van der Waals surface area (Å²) >= 11 is 0. The predicted octanol–water partition coefficient (Wildman–Crippen LogP) is 0.834. The van der Waals surface area contributed by atoms with E-state index < -0.39 is 0 Å². The Balaban J connectivity index is 1.87. The van der Waals surface area contributed by atoms with Gasteiger partial charge in [-0.1, -0.05) is 32.9 Å². The molecule has 1 fully saturated rings. The first-order chi connectivity index (χ1) is 8.88.